The lowest BCUT2D eigenvalue weighted by molar-refractivity contribution is -0.142. The summed E-state index contributed by atoms with van der Waals surface area (Å²) in [5.74, 6) is -1.10. The number of carbonyl (C=O) groups is 2. The van der Waals surface area contributed by atoms with Crippen LogP contribution in [0.5, 0.6) is 0 Å². The second-order valence-electron chi connectivity index (χ2n) is 4.04. The molecule has 0 heterocycles. The minimum Gasteiger partial charge on any atom is -0.480 e. The Morgan fingerprint density at radius 2 is 1.93 bits per heavy atom. The summed E-state index contributed by atoms with van der Waals surface area (Å²) in [4.78, 5) is 22.1. The molecule has 0 aromatic carbocycles. The van der Waals surface area contributed by atoms with Crippen molar-refractivity contribution in [3.05, 3.63) is 0 Å². The van der Waals surface area contributed by atoms with E-state index in [9.17, 15) is 9.59 Å². The molecule has 0 aliphatic carbocycles. The van der Waals surface area contributed by atoms with Crippen LogP contribution in [-0.4, -0.2) is 29.1 Å². The van der Waals surface area contributed by atoms with Crippen molar-refractivity contribution in [1.82, 2.24) is 5.32 Å². The molecule has 0 saturated carbocycles. The fourth-order valence-corrected chi connectivity index (χ4v) is 1.23. The number of nitrogens with two attached hydrogens (primary N) is 1. The van der Waals surface area contributed by atoms with Crippen molar-refractivity contribution in [2.75, 3.05) is 0 Å². The largest absolute Gasteiger partial charge is 0.480 e. The van der Waals surface area contributed by atoms with E-state index in [0.29, 0.717) is 18.8 Å². The number of nitrogens with one attached hydrogen (secondary N) is 1. The van der Waals surface area contributed by atoms with Crippen molar-refractivity contribution in [3.8, 4) is 0 Å². The quantitative estimate of drug-likeness (QED) is 0.597. The van der Waals surface area contributed by atoms with Gasteiger partial charge in [0.1, 0.15) is 6.04 Å². The predicted molar refractivity (Wildman–Crippen MR) is 57.3 cm³/mol. The summed E-state index contributed by atoms with van der Waals surface area (Å²) in [7, 11) is 0. The fourth-order valence-electron chi connectivity index (χ4n) is 1.23. The lowest BCUT2D eigenvalue weighted by Crippen LogP contribution is -2.48. The number of carboxylic acid groups (broad SMARTS) is 1. The van der Waals surface area contributed by atoms with Crippen molar-refractivity contribution in [2.45, 2.75) is 45.7 Å². The van der Waals surface area contributed by atoms with Gasteiger partial charge in [0.15, 0.2) is 0 Å². The first-order chi connectivity index (χ1) is 6.88. The van der Waals surface area contributed by atoms with Crippen LogP contribution in [0.15, 0.2) is 0 Å². The normalized spacial score (nSPS) is 14.7. The number of hydrogen-bond acceptors (Lipinski definition) is 3. The molecule has 0 aliphatic heterocycles. The molecule has 88 valence electrons. The molecular formula is C10H20N2O3. The number of carboxylic acids is 1. The van der Waals surface area contributed by atoms with E-state index in [1.54, 1.807) is 6.92 Å². The lowest BCUT2D eigenvalue weighted by atomic mass is 10.0. The number of amides is 1. The summed E-state index contributed by atoms with van der Waals surface area (Å²) in [5.41, 5.74) is 5.62. The molecule has 4 N–H and O–H groups in total. The van der Waals surface area contributed by atoms with Crippen LogP contribution in [0.1, 0.15) is 33.6 Å². The molecule has 5 nitrogen and oxygen atoms in total. The minimum absolute atomic E-state index is 0.315. The van der Waals surface area contributed by atoms with Crippen LogP contribution >= 0.6 is 0 Å². The molecule has 0 rings (SSSR count). The minimum atomic E-state index is -1.03. The van der Waals surface area contributed by atoms with Crippen molar-refractivity contribution in [3.63, 3.8) is 0 Å². The first-order valence-corrected chi connectivity index (χ1v) is 5.17. The van der Waals surface area contributed by atoms with Gasteiger partial charge < -0.3 is 16.2 Å². The molecule has 1 unspecified atom stereocenters. The van der Waals surface area contributed by atoms with E-state index in [1.165, 1.54) is 0 Å². The standard InChI is InChI=1S/C10H20N2O3/c1-4-8(10(14)15)12-9(13)7(11)5-6(2)3/h6-8H,4-5,11H2,1-3H3,(H,12,13)(H,14,15)/t7-,8?/m1/s1. The van der Waals surface area contributed by atoms with E-state index in [1.807, 2.05) is 13.8 Å². The van der Waals surface area contributed by atoms with E-state index in [-0.39, 0.29) is 0 Å². The third kappa shape index (κ3) is 5.37. The molecule has 0 spiro atoms. The van der Waals surface area contributed by atoms with E-state index >= 15 is 0 Å². The van der Waals surface area contributed by atoms with Crippen LogP contribution in [-0.2, 0) is 9.59 Å². The number of hydrogen-bond donors (Lipinski definition) is 3. The van der Waals surface area contributed by atoms with Crippen LogP contribution in [0.25, 0.3) is 0 Å². The zero-order valence-corrected chi connectivity index (χ0v) is 9.49. The van der Waals surface area contributed by atoms with Crippen LogP contribution in [0.3, 0.4) is 0 Å². The maximum absolute atomic E-state index is 11.5. The molecule has 0 fully saturated rings. The molecule has 5 heteroatoms. The SMILES string of the molecule is CCC(NC(=O)[C@H](N)CC(C)C)C(=O)O. The van der Waals surface area contributed by atoms with Crippen LogP contribution in [0.4, 0.5) is 0 Å². The zero-order chi connectivity index (χ0) is 12.0. The van der Waals surface area contributed by atoms with Crippen LogP contribution in [0.2, 0.25) is 0 Å². The molecule has 0 aliphatic rings. The van der Waals surface area contributed by atoms with E-state index < -0.39 is 24.0 Å². The third-order valence-electron chi connectivity index (χ3n) is 2.08. The fraction of sp³-hybridized carbons (Fsp3) is 0.800. The molecule has 15 heavy (non-hydrogen) atoms. The Bertz CT molecular complexity index is 229. The number of rotatable bonds is 6. The smallest absolute Gasteiger partial charge is 0.326 e. The van der Waals surface area contributed by atoms with Gasteiger partial charge in [-0.25, -0.2) is 4.79 Å². The van der Waals surface area contributed by atoms with Gasteiger partial charge in [-0.15, -0.1) is 0 Å². The lowest BCUT2D eigenvalue weighted by Gasteiger charge is -2.17. The summed E-state index contributed by atoms with van der Waals surface area (Å²) in [6, 6.07) is -1.46. The maximum Gasteiger partial charge on any atom is 0.326 e. The Morgan fingerprint density at radius 3 is 2.27 bits per heavy atom. The van der Waals surface area contributed by atoms with Gasteiger partial charge in [-0.2, -0.15) is 0 Å². The van der Waals surface area contributed by atoms with Crippen LogP contribution < -0.4 is 11.1 Å². The Morgan fingerprint density at radius 1 is 1.40 bits per heavy atom. The highest BCUT2D eigenvalue weighted by Gasteiger charge is 2.21. The summed E-state index contributed by atoms with van der Waals surface area (Å²) >= 11 is 0. The second-order valence-corrected chi connectivity index (χ2v) is 4.04. The Balaban J connectivity index is 4.16. The van der Waals surface area contributed by atoms with Crippen molar-refractivity contribution >= 4 is 11.9 Å². The molecule has 0 aromatic heterocycles. The summed E-state index contributed by atoms with van der Waals surface area (Å²) in [6.45, 7) is 5.62. The van der Waals surface area contributed by atoms with Gasteiger partial charge in [0.25, 0.3) is 0 Å². The highest BCUT2D eigenvalue weighted by Crippen LogP contribution is 2.03. The first-order valence-electron chi connectivity index (χ1n) is 5.17. The Labute approximate surface area is 90.0 Å². The van der Waals surface area contributed by atoms with Crippen molar-refractivity contribution in [1.29, 1.82) is 0 Å². The molecule has 1 amide bonds. The van der Waals surface area contributed by atoms with Crippen molar-refractivity contribution in [2.24, 2.45) is 11.7 Å². The van der Waals surface area contributed by atoms with Gasteiger partial charge in [-0.3, -0.25) is 4.79 Å². The molecule has 2 atom stereocenters. The van der Waals surface area contributed by atoms with Gasteiger partial charge in [0.2, 0.25) is 5.91 Å². The summed E-state index contributed by atoms with van der Waals surface area (Å²) in [6.07, 6.45) is 0.914. The summed E-state index contributed by atoms with van der Waals surface area (Å²) in [5, 5.41) is 11.1. The molecule has 0 bridgehead atoms. The first kappa shape index (κ1) is 13.9. The van der Waals surface area contributed by atoms with Crippen LogP contribution in [0, 0.1) is 5.92 Å². The van der Waals surface area contributed by atoms with E-state index in [2.05, 4.69) is 5.32 Å². The number of aliphatic carboxylic acids is 1. The van der Waals surface area contributed by atoms with Gasteiger partial charge in [0.05, 0.1) is 6.04 Å². The Hall–Kier alpha value is -1.10. The molecule has 0 aromatic rings. The second kappa shape index (κ2) is 6.40. The van der Waals surface area contributed by atoms with Gasteiger partial charge in [-0.1, -0.05) is 20.8 Å². The Kier molecular flexibility index (Phi) is 5.93. The van der Waals surface area contributed by atoms with Gasteiger partial charge in [0, 0.05) is 0 Å². The summed E-state index contributed by atoms with van der Waals surface area (Å²) < 4.78 is 0. The van der Waals surface area contributed by atoms with Crippen molar-refractivity contribution < 1.29 is 14.7 Å². The number of carbonyl (C=O) groups excluding carboxylic acids is 1. The van der Waals surface area contributed by atoms with Gasteiger partial charge in [-0.05, 0) is 18.8 Å². The van der Waals surface area contributed by atoms with E-state index in [4.69, 9.17) is 10.8 Å². The average molecular weight is 216 g/mol. The van der Waals surface area contributed by atoms with E-state index in [0.717, 1.165) is 0 Å². The predicted octanol–water partition coefficient (Wildman–Crippen LogP) is 0.339. The molecule has 0 radical (unpaired) electrons. The molecule has 0 saturated heterocycles. The monoisotopic (exact) mass is 216 g/mol. The topological polar surface area (TPSA) is 92.4 Å². The highest BCUT2D eigenvalue weighted by atomic mass is 16.4. The van der Waals surface area contributed by atoms with Gasteiger partial charge >= 0.3 is 5.97 Å². The maximum atomic E-state index is 11.5. The molecular weight excluding hydrogens is 196 g/mol. The highest BCUT2D eigenvalue weighted by molar-refractivity contribution is 5.86. The third-order valence-corrected chi connectivity index (χ3v) is 2.08. The average Bonchev–Trinajstić information content (AvgIpc) is 2.11. The zero-order valence-electron chi connectivity index (χ0n) is 9.49.